The number of hydrogen-bond donors (Lipinski definition) is 0. The Hall–Kier alpha value is -2.96. The summed E-state index contributed by atoms with van der Waals surface area (Å²) in [6.07, 6.45) is 3.74. The van der Waals surface area contributed by atoms with E-state index >= 15 is 0 Å². The molecular weight excluding hydrogens is 404 g/mol. The van der Waals surface area contributed by atoms with Gasteiger partial charge in [0.1, 0.15) is 11.6 Å². The third-order valence-electron chi connectivity index (χ3n) is 6.27. The smallest absolute Gasteiger partial charge is 0.233 e. The molecule has 170 valence electrons. The lowest BCUT2D eigenvalue weighted by Gasteiger charge is -2.35. The van der Waals surface area contributed by atoms with Gasteiger partial charge in [0, 0.05) is 24.2 Å². The molecule has 7 heteroatoms. The Morgan fingerprint density at radius 1 is 1.25 bits per heavy atom. The fraction of sp³-hybridized carbons (Fsp3) is 0.520. The molecule has 1 aromatic heterocycles. The fourth-order valence-electron chi connectivity index (χ4n) is 4.63. The maximum Gasteiger partial charge on any atom is 0.233 e. The van der Waals surface area contributed by atoms with Crippen molar-refractivity contribution in [1.29, 1.82) is 0 Å². The molecule has 0 spiro atoms. The van der Waals surface area contributed by atoms with E-state index in [9.17, 15) is 9.59 Å². The van der Waals surface area contributed by atoms with Crippen molar-refractivity contribution in [3.05, 3.63) is 46.9 Å². The van der Waals surface area contributed by atoms with Crippen molar-refractivity contribution in [2.75, 3.05) is 18.6 Å². The van der Waals surface area contributed by atoms with Gasteiger partial charge in [-0.05, 0) is 49.8 Å². The van der Waals surface area contributed by atoms with Gasteiger partial charge in [-0.15, -0.1) is 0 Å². The maximum atomic E-state index is 12.9. The van der Waals surface area contributed by atoms with Crippen LogP contribution in [-0.4, -0.2) is 40.3 Å². The van der Waals surface area contributed by atoms with Crippen LogP contribution in [0.15, 0.2) is 24.3 Å². The van der Waals surface area contributed by atoms with Gasteiger partial charge in [-0.2, -0.15) is 0 Å². The number of amides is 2. The highest BCUT2D eigenvalue weighted by atomic mass is 16.5. The van der Waals surface area contributed by atoms with Gasteiger partial charge in [0.05, 0.1) is 26.1 Å². The van der Waals surface area contributed by atoms with Gasteiger partial charge >= 0.3 is 0 Å². The lowest BCUT2D eigenvalue weighted by atomic mass is 9.99. The van der Waals surface area contributed by atoms with Crippen LogP contribution in [0.2, 0.25) is 0 Å². The third-order valence-corrected chi connectivity index (χ3v) is 6.27. The Kier molecular flexibility index (Phi) is 6.44. The molecule has 0 unspecified atom stereocenters. The zero-order valence-electron chi connectivity index (χ0n) is 19.4. The molecule has 0 radical (unpaired) electrons. The van der Waals surface area contributed by atoms with Crippen LogP contribution in [0, 0.1) is 12.8 Å². The van der Waals surface area contributed by atoms with Crippen molar-refractivity contribution in [1.82, 2.24) is 14.9 Å². The number of anilines is 1. The Labute approximate surface area is 189 Å². The van der Waals surface area contributed by atoms with Crippen molar-refractivity contribution in [2.24, 2.45) is 5.92 Å². The monoisotopic (exact) mass is 436 g/mol. The zero-order chi connectivity index (χ0) is 22.8. The van der Waals surface area contributed by atoms with E-state index in [0.29, 0.717) is 36.9 Å². The second kappa shape index (κ2) is 9.27. The average molecular weight is 437 g/mol. The van der Waals surface area contributed by atoms with Crippen LogP contribution in [0.1, 0.15) is 68.2 Å². The summed E-state index contributed by atoms with van der Waals surface area (Å²) in [5.74, 6) is 2.59. The number of likely N-dealkylation sites (tertiary alicyclic amines) is 1. The SMILES string of the molecule is COc1cccc(CN2C(=O)Cc3c(C)nc([C@H]4CCCCN4C(=O)CC(C)C)nc32)c1. The first-order valence-corrected chi connectivity index (χ1v) is 11.5. The summed E-state index contributed by atoms with van der Waals surface area (Å²) in [7, 11) is 1.63. The molecule has 4 rings (SSSR count). The Balaban J connectivity index is 1.66. The summed E-state index contributed by atoms with van der Waals surface area (Å²) in [5, 5.41) is 0. The highest BCUT2D eigenvalue weighted by Crippen LogP contribution is 2.35. The first-order valence-electron chi connectivity index (χ1n) is 11.5. The predicted molar refractivity (Wildman–Crippen MR) is 122 cm³/mol. The van der Waals surface area contributed by atoms with Crippen molar-refractivity contribution in [3.8, 4) is 5.75 Å². The first-order chi connectivity index (χ1) is 15.4. The summed E-state index contributed by atoms with van der Waals surface area (Å²) in [4.78, 5) is 39.2. The highest BCUT2D eigenvalue weighted by molar-refractivity contribution is 6.00. The highest BCUT2D eigenvalue weighted by Gasteiger charge is 2.35. The van der Waals surface area contributed by atoms with Gasteiger partial charge in [0.25, 0.3) is 0 Å². The summed E-state index contributed by atoms with van der Waals surface area (Å²) in [6.45, 7) is 7.24. The number of hydrogen-bond acceptors (Lipinski definition) is 5. The van der Waals surface area contributed by atoms with E-state index in [1.54, 1.807) is 12.0 Å². The number of methoxy groups -OCH3 is 1. The van der Waals surface area contributed by atoms with Crippen molar-refractivity contribution in [3.63, 3.8) is 0 Å². The Morgan fingerprint density at radius 2 is 2.06 bits per heavy atom. The van der Waals surface area contributed by atoms with Gasteiger partial charge in [-0.1, -0.05) is 26.0 Å². The second-order valence-electron chi connectivity index (χ2n) is 9.17. The number of nitrogens with zero attached hydrogens (tertiary/aromatic N) is 4. The van der Waals surface area contributed by atoms with E-state index in [1.165, 1.54) is 0 Å². The number of aromatic nitrogens is 2. The number of piperidine rings is 1. The van der Waals surface area contributed by atoms with Gasteiger partial charge in [-0.3, -0.25) is 14.5 Å². The number of benzene rings is 1. The average Bonchev–Trinajstić information content (AvgIpc) is 3.09. The molecule has 1 saturated heterocycles. The number of rotatable bonds is 6. The molecule has 0 saturated carbocycles. The van der Waals surface area contributed by atoms with Crippen molar-refractivity contribution < 1.29 is 14.3 Å². The molecule has 2 aliphatic rings. The second-order valence-corrected chi connectivity index (χ2v) is 9.17. The fourth-order valence-corrected chi connectivity index (χ4v) is 4.63. The van der Waals surface area contributed by atoms with E-state index < -0.39 is 0 Å². The molecule has 2 amide bonds. The lowest BCUT2D eigenvalue weighted by Crippen LogP contribution is -2.40. The number of carbonyl (C=O) groups is 2. The largest absolute Gasteiger partial charge is 0.497 e. The standard InChI is InChI=1S/C25H32N4O3/c1-16(2)12-22(30)28-11-6-5-10-21(28)24-26-17(3)20-14-23(31)29(25(20)27-24)15-18-8-7-9-19(13-18)32-4/h7-9,13,16,21H,5-6,10-12,14-15H2,1-4H3/t21-/m1/s1. The van der Waals surface area contributed by atoms with Gasteiger partial charge in [0.15, 0.2) is 5.82 Å². The van der Waals surface area contributed by atoms with E-state index in [2.05, 4.69) is 13.8 Å². The van der Waals surface area contributed by atoms with Crippen LogP contribution in [0.5, 0.6) is 5.75 Å². The summed E-state index contributed by atoms with van der Waals surface area (Å²) in [6, 6.07) is 7.60. The van der Waals surface area contributed by atoms with Gasteiger partial charge in [0.2, 0.25) is 11.8 Å². The van der Waals surface area contributed by atoms with E-state index in [0.717, 1.165) is 48.4 Å². The van der Waals surface area contributed by atoms with E-state index in [-0.39, 0.29) is 17.9 Å². The molecule has 1 atom stereocenters. The molecular formula is C25H32N4O3. The minimum absolute atomic E-state index is 0.0220. The molecule has 0 aliphatic carbocycles. The van der Waals surface area contributed by atoms with Crippen LogP contribution >= 0.6 is 0 Å². The predicted octanol–water partition coefficient (Wildman–Crippen LogP) is 3.98. The van der Waals surface area contributed by atoms with Crippen molar-refractivity contribution >= 4 is 17.6 Å². The van der Waals surface area contributed by atoms with Gasteiger partial charge < -0.3 is 9.64 Å². The zero-order valence-corrected chi connectivity index (χ0v) is 19.4. The summed E-state index contributed by atoms with van der Waals surface area (Å²) in [5.41, 5.74) is 2.70. The third kappa shape index (κ3) is 4.47. The van der Waals surface area contributed by atoms with Crippen molar-refractivity contribution in [2.45, 2.75) is 65.5 Å². The molecule has 0 bridgehead atoms. The van der Waals surface area contributed by atoms with Crippen LogP contribution in [-0.2, 0) is 22.6 Å². The van der Waals surface area contributed by atoms with Crippen LogP contribution in [0.25, 0.3) is 0 Å². The Morgan fingerprint density at radius 3 is 2.81 bits per heavy atom. The summed E-state index contributed by atoms with van der Waals surface area (Å²) < 4.78 is 5.33. The van der Waals surface area contributed by atoms with E-state index in [4.69, 9.17) is 14.7 Å². The number of ether oxygens (including phenoxy) is 1. The topological polar surface area (TPSA) is 75.6 Å². The normalized spacial score (nSPS) is 18.3. The van der Waals surface area contributed by atoms with Crippen LogP contribution < -0.4 is 9.64 Å². The number of aryl methyl sites for hydroxylation is 1. The molecule has 1 fully saturated rings. The molecule has 1 aromatic carbocycles. The molecule has 32 heavy (non-hydrogen) atoms. The lowest BCUT2D eigenvalue weighted by molar-refractivity contribution is -0.136. The number of carbonyl (C=O) groups excluding carboxylic acids is 2. The number of fused-ring (bicyclic) bond motifs is 1. The minimum Gasteiger partial charge on any atom is -0.497 e. The Bertz CT molecular complexity index is 1020. The summed E-state index contributed by atoms with van der Waals surface area (Å²) >= 11 is 0. The molecule has 3 heterocycles. The first kappa shape index (κ1) is 22.2. The van der Waals surface area contributed by atoms with Gasteiger partial charge in [-0.25, -0.2) is 9.97 Å². The van der Waals surface area contributed by atoms with Crippen LogP contribution in [0.3, 0.4) is 0 Å². The molecule has 7 nitrogen and oxygen atoms in total. The quantitative estimate of drug-likeness (QED) is 0.685. The maximum absolute atomic E-state index is 12.9. The molecule has 2 aliphatic heterocycles. The van der Waals surface area contributed by atoms with Crippen LogP contribution in [0.4, 0.5) is 5.82 Å². The minimum atomic E-state index is -0.131. The molecule has 2 aromatic rings. The molecule has 0 N–H and O–H groups in total. The van der Waals surface area contributed by atoms with E-state index in [1.807, 2.05) is 36.1 Å².